The molecule has 1 N–H and O–H groups in total. The molecule has 0 aliphatic rings. The molecule has 0 atom stereocenters. The zero-order chi connectivity index (χ0) is 19.4. The Balaban J connectivity index is 1.52. The minimum atomic E-state index is -0.507. The standard InChI is InChI=1S/C17H17FN6O3/c1-12-15(24(26)27)11-23(20-12)9-7-17(25)19-16-6-8-22(21-16)10-13-2-4-14(18)5-3-13/h2-6,8,11H,7,9-10H2,1H3,(H,19,21,25). The average molecular weight is 372 g/mol. The molecule has 0 saturated carbocycles. The SMILES string of the molecule is Cc1nn(CCC(=O)Nc2ccn(Cc3ccc(F)cc3)n2)cc1[N+](=O)[O-]. The molecule has 0 unspecified atom stereocenters. The highest BCUT2D eigenvalue weighted by Gasteiger charge is 2.15. The zero-order valence-corrected chi connectivity index (χ0v) is 14.5. The van der Waals surface area contributed by atoms with E-state index in [2.05, 4.69) is 15.5 Å². The van der Waals surface area contributed by atoms with Gasteiger partial charge in [-0.3, -0.25) is 24.3 Å². The fraction of sp³-hybridized carbons (Fsp3) is 0.235. The molecule has 3 aromatic rings. The summed E-state index contributed by atoms with van der Waals surface area (Å²) in [5, 5.41) is 21.7. The van der Waals surface area contributed by atoms with Crippen molar-refractivity contribution in [3.05, 3.63) is 69.9 Å². The second-order valence-electron chi connectivity index (χ2n) is 5.94. The molecular weight excluding hydrogens is 355 g/mol. The van der Waals surface area contributed by atoms with Crippen LogP contribution in [0.1, 0.15) is 17.7 Å². The van der Waals surface area contributed by atoms with Crippen LogP contribution < -0.4 is 5.32 Å². The number of halogens is 1. The monoisotopic (exact) mass is 372 g/mol. The first-order chi connectivity index (χ1) is 12.9. The zero-order valence-electron chi connectivity index (χ0n) is 14.5. The highest BCUT2D eigenvalue weighted by atomic mass is 19.1. The first-order valence-corrected chi connectivity index (χ1v) is 8.17. The third-order valence-corrected chi connectivity index (χ3v) is 3.85. The first-order valence-electron chi connectivity index (χ1n) is 8.17. The molecule has 140 valence electrons. The number of amides is 1. The lowest BCUT2D eigenvalue weighted by molar-refractivity contribution is -0.385. The largest absolute Gasteiger partial charge is 0.309 e. The predicted octanol–water partition coefficient (Wildman–Crippen LogP) is 2.51. The number of nitro groups is 1. The fourth-order valence-corrected chi connectivity index (χ4v) is 2.52. The van der Waals surface area contributed by atoms with Crippen molar-refractivity contribution in [3.63, 3.8) is 0 Å². The lowest BCUT2D eigenvalue weighted by atomic mass is 10.2. The molecular formula is C17H17FN6O3. The molecule has 10 heteroatoms. The van der Waals surface area contributed by atoms with Gasteiger partial charge in [-0.05, 0) is 24.6 Å². The number of nitrogens with one attached hydrogen (secondary N) is 1. The number of aryl methyl sites for hydroxylation is 2. The van der Waals surface area contributed by atoms with Crippen molar-refractivity contribution in [1.29, 1.82) is 0 Å². The van der Waals surface area contributed by atoms with E-state index in [0.29, 0.717) is 18.1 Å². The predicted molar refractivity (Wildman–Crippen MR) is 94.6 cm³/mol. The molecule has 1 amide bonds. The van der Waals surface area contributed by atoms with E-state index in [1.165, 1.54) is 23.0 Å². The Morgan fingerprint density at radius 3 is 2.63 bits per heavy atom. The molecule has 1 aromatic carbocycles. The van der Waals surface area contributed by atoms with Crippen LogP contribution in [-0.4, -0.2) is 30.4 Å². The van der Waals surface area contributed by atoms with Crippen molar-refractivity contribution in [2.45, 2.75) is 26.4 Å². The number of carbonyl (C=O) groups excluding carboxylic acids is 1. The Bertz CT molecular complexity index is 963. The summed E-state index contributed by atoms with van der Waals surface area (Å²) in [6.07, 6.45) is 3.11. The van der Waals surface area contributed by atoms with Crippen LogP contribution in [0.3, 0.4) is 0 Å². The third kappa shape index (κ3) is 4.75. The molecule has 0 fully saturated rings. The van der Waals surface area contributed by atoms with Gasteiger partial charge >= 0.3 is 5.69 Å². The van der Waals surface area contributed by atoms with Gasteiger partial charge in [-0.15, -0.1) is 0 Å². The number of benzene rings is 1. The van der Waals surface area contributed by atoms with E-state index in [-0.39, 0.29) is 30.4 Å². The van der Waals surface area contributed by atoms with Crippen LogP contribution in [0.5, 0.6) is 0 Å². The van der Waals surface area contributed by atoms with Crippen molar-refractivity contribution >= 4 is 17.4 Å². The third-order valence-electron chi connectivity index (χ3n) is 3.85. The summed E-state index contributed by atoms with van der Waals surface area (Å²) in [7, 11) is 0. The van der Waals surface area contributed by atoms with E-state index in [4.69, 9.17) is 0 Å². The highest BCUT2D eigenvalue weighted by molar-refractivity contribution is 5.89. The first kappa shape index (κ1) is 18.2. The fourth-order valence-electron chi connectivity index (χ4n) is 2.52. The number of rotatable bonds is 7. The van der Waals surface area contributed by atoms with Gasteiger partial charge in [0.2, 0.25) is 5.91 Å². The van der Waals surface area contributed by atoms with E-state index < -0.39 is 4.92 Å². The summed E-state index contributed by atoms with van der Waals surface area (Å²) < 4.78 is 15.9. The minimum absolute atomic E-state index is 0.0741. The van der Waals surface area contributed by atoms with Crippen molar-refractivity contribution < 1.29 is 14.1 Å². The maximum Gasteiger partial charge on any atom is 0.309 e. The Hall–Kier alpha value is -3.56. The van der Waals surface area contributed by atoms with Gasteiger partial charge in [0.25, 0.3) is 0 Å². The van der Waals surface area contributed by atoms with Crippen LogP contribution in [0.15, 0.2) is 42.7 Å². The van der Waals surface area contributed by atoms with E-state index in [1.54, 1.807) is 36.0 Å². The maximum absolute atomic E-state index is 12.9. The molecule has 2 aromatic heterocycles. The number of nitrogens with zero attached hydrogens (tertiary/aromatic N) is 5. The van der Waals surface area contributed by atoms with E-state index in [9.17, 15) is 19.3 Å². The molecule has 0 bridgehead atoms. The normalized spacial score (nSPS) is 10.7. The summed E-state index contributed by atoms with van der Waals surface area (Å²) in [6.45, 7) is 2.21. The van der Waals surface area contributed by atoms with Gasteiger partial charge in [0.1, 0.15) is 17.7 Å². The van der Waals surface area contributed by atoms with Gasteiger partial charge in [0.15, 0.2) is 5.82 Å². The lowest BCUT2D eigenvalue weighted by Crippen LogP contribution is -2.15. The Morgan fingerprint density at radius 1 is 1.22 bits per heavy atom. The molecule has 3 rings (SSSR count). The van der Waals surface area contributed by atoms with Crippen LogP contribution in [0.25, 0.3) is 0 Å². The minimum Gasteiger partial charge on any atom is -0.309 e. The average Bonchev–Trinajstić information content (AvgIpc) is 3.21. The van der Waals surface area contributed by atoms with Crippen LogP contribution in [-0.2, 0) is 17.9 Å². The summed E-state index contributed by atoms with van der Waals surface area (Å²) in [5.41, 5.74) is 1.11. The molecule has 27 heavy (non-hydrogen) atoms. The molecule has 0 aliphatic heterocycles. The summed E-state index contributed by atoms with van der Waals surface area (Å²) in [5.74, 6) is -0.188. The van der Waals surface area contributed by atoms with Crippen molar-refractivity contribution in [3.8, 4) is 0 Å². The van der Waals surface area contributed by atoms with Crippen LogP contribution >= 0.6 is 0 Å². The lowest BCUT2D eigenvalue weighted by Gasteiger charge is -2.03. The summed E-state index contributed by atoms with van der Waals surface area (Å²) in [6, 6.07) is 7.75. The van der Waals surface area contributed by atoms with Gasteiger partial charge in [-0.1, -0.05) is 12.1 Å². The number of hydrogen-bond donors (Lipinski definition) is 1. The molecule has 0 radical (unpaired) electrons. The molecule has 2 heterocycles. The molecule has 0 aliphatic carbocycles. The van der Waals surface area contributed by atoms with Gasteiger partial charge in [0, 0.05) is 25.2 Å². The van der Waals surface area contributed by atoms with Crippen molar-refractivity contribution in [2.75, 3.05) is 5.32 Å². The number of aromatic nitrogens is 4. The Kier molecular flexibility index (Phi) is 5.25. The van der Waals surface area contributed by atoms with Gasteiger partial charge in [-0.25, -0.2) is 4.39 Å². The second kappa shape index (κ2) is 7.77. The van der Waals surface area contributed by atoms with Crippen LogP contribution in [0.4, 0.5) is 15.9 Å². The summed E-state index contributed by atoms with van der Waals surface area (Å²) in [4.78, 5) is 22.3. The second-order valence-corrected chi connectivity index (χ2v) is 5.94. The Labute approximate surface area is 153 Å². The molecule has 0 saturated heterocycles. The molecule has 0 spiro atoms. The topological polar surface area (TPSA) is 108 Å². The number of anilines is 1. The van der Waals surface area contributed by atoms with Gasteiger partial charge in [0.05, 0.1) is 11.5 Å². The quantitative estimate of drug-likeness (QED) is 0.506. The number of hydrogen-bond acceptors (Lipinski definition) is 5. The molecule has 9 nitrogen and oxygen atoms in total. The van der Waals surface area contributed by atoms with Crippen molar-refractivity contribution in [2.24, 2.45) is 0 Å². The smallest absolute Gasteiger partial charge is 0.309 e. The Morgan fingerprint density at radius 2 is 1.96 bits per heavy atom. The van der Waals surface area contributed by atoms with E-state index in [1.807, 2.05) is 0 Å². The van der Waals surface area contributed by atoms with Crippen molar-refractivity contribution in [1.82, 2.24) is 19.6 Å². The maximum atomic E-state index is 12.9. The van der Waals surface area contributed by atoms with Crippen LogP contribution in [0, 0.1) is 22.9 Å². The van der Waals surface area contributed by atoms with E-state index >= 15 is 0 Å². The number of carbonyl (C=O) groups is 1. The highest BCUT2D eigenvalue weighted by Crippen LogP contribution is 2.15. The van der Waals surface area contributed by atoms with E-state index in [0.717, 1.165) is 5.56 Å². The van der Waals surface area contributed by atoms with Gasteiger partial charge in [-0.2, -0.15) is 10.2 Å². The summed E-state index contributed by atoms with van der Waals surface area (Å²) >= 11 is 0. The van der Waals surface area contributed by atoms with Crippen LogP contribution in [0.2, 0.25) is 0 Å². The van der Waals surface area contributed by atoms with Gasteiger partial charge < -0.3 is 5.32 Å².